The van der Waals surface area contributed by atoms with Crippen LogP contribution in [0.2, 0.25) is 0 Å². The molecule has 1 nitrogen and oxygen atoms in total. The number of fused-ring (bicyclic) bond motifs is 1. The molecule has 0 aliphatic rings. The zero-order chi connectivity index (χ0) is 8.72. The number of hydrogen-bond acceptors (Lipinski definition) is 2. The zero-order valence-electron chi connectivity index (χ0n) is 5.97. The lowest BCUT2D eigenvalue weighted by atomic mass is 10.2. The van der Waals surface area contributed by atoms with E-state index in [1.54, 1.807) is 11.3 Å². The molecule has 1 aromatic carbocycles. The minimum absolute atomic E-state index is 0.834. The largest absolute Gasteiger partial charge is 0.399 e. The average Bonchev–Trinajstić information content (AvgIpc) is 2.29. The molecule has 2 N–H and O–H groups in total. The zero-order valence-corrected chi connectivity index (χ0v) is 10.5. The Morgan fingerprint density at radius 2 is 2.08 bits per heavy atom. The van der Waals surface area contributed by atoms with Crippen LogP contribution in [0.5, 0.6) is 0 Å². The summed E-state index contributed by atoms with van der Waals surface area (Å²) in [5.41, 5.74) is 6.56. The predicted octanol–water partition coefficient (Wildman–Crippen LogP) is 3.85. The number of thiophene rings is 1. The number of nitrogens with two attached hydrogens (primary N) is 1. The summed E-state index contributed by atoms with van der Waals surface area (Å²) in [4.78, 5) is 0. The highest BCUT2D eigenvalue weighted by Gasteiger charge is 2.03. The van der Waals surface area contributed by atoms with Crippen LogP contribution in [0.4, 0.5) is 5.69 Å². The van der Waals surface area contributed by atoms with Crippen LogP contribution in [-0.2, 0) is 0 Å². The Morgan fingerprint density at radius 1 is 1.33 bits per heavy atom. The molecule has 1 heterocycles. The van der Waals surface area contributed by atoms with E-state index in [4.69, 9.17) is 5.73 Å². The molecule has 0 amide bonds. The van der Waals surface area contributed by atoms with E-state index in [0.29, 0.717) is 0 Å². The van der Waals surface area contributed by atoms with Gasteiger partial charge < -0.3 is 5.73 Å². The van der Waals surface area contributed by atoms with Crippen LogP contribution < -0.4 is 5.73 Å². The lowest BCUT2D eigenvalue weighted by Gasteiger charge is -1.95. The highest BCUT2D eigenvalue weighted by Crippen LogP contribution is 2.34. The summed E-state index contributed by atoms with van der Waals surface area (Å²) in [5.74, 6) is 0. The molecule has 0 saturated carbocycles. The van der Waals surface area contributed by atoms with E-state index in [1.165, 1.54) is 13.7 Å². The van der Waals surface area contributed by atoms with E-state index in [0.717, 1.165) is 9.47 Å². The smallest absolute Gasteiger partial charge is 0.0711 e. The van der Waals surface area contributed by atoms with Crippen molar-refractivity contribution in [1.29, 1.82) is 0 Å². The van der Waals surface area contributed by atoms with Crippen molar-refractivity contribution in [3.63, 3.8) is 0 Å². The first kappa shape index (κ1) is 8.77. The van der Waals surface area contributed by atoms with Gasteiger partial charge in [0.25, 0.3) is 0 Å². The second-order valence-corrected chi connectivity index (χ2v) is 6.09. The van der Waals surface area contributed by atoms with Crippen molar-refractivity contribution in [2.45, 2.75) is 0 Å². The Bertz CT molecular complexity index is 438. The fourth-order valence-corrected chi connectivity index (χ4v) is 3.69. The minimum Gasteiger partial charge on any atom is -0.399 e. The van der Waals surface area contributed by atoms with Gasteiger partial charge in [-0.25, -0.2) is 0 Å². The molecule has 0 saturated heterocycles. The summed E-state index contributed by atoms with van der Waals surface area (Å²) in [5, 5.41) is 1.28. The Morgan fingerprint density at radius 3 is 2.83 bits per heavy atom. The molecule has 0 unspecified atom stereocenters. The van der Waals surface area contributed by atoms with Crippen molar-refractivity contribution in [2.24, 2.45) is 0 Å². The van der Waals surface area contributed by atoms with Crippen molar-refractivity contribution in [3.8, 4) is 0 Å². The first-order valence-corrected chi connectivity index (χ1v) is 6.00. The standard InChI is InChI=1S/C8H5BrINS/c9-8-3-5-6(10)1-4(11)2-7(5)12-8/h1-3H,11H2. The lowest BCUT2D eigenvalue weighted by Crippen LogP contribution is -1.84. The molecule has 0 bridgehead atoms. The summed E-state index contributed by atoms with van der Waals surface area (Å²) in [6, 6.07) is 6.12. The molecule has 0 spiro atoms. The highest BCUT2D eigenvalue weighted by atomic mass is 127. The molecule has 0 atom stereocenters. The maximum atomic E-state index is 5.72. The second kappa shape index (κ2) is 3.16. The van der Waals surface area contributed by atoms with Gasteiger partial charge in [0.05, 0.1) is 3.79 Å². The van der Waals surface area contributed by atoms with Crippen molar-refractivity contribution in [3.05, 3.63) is 25.6 Å². The Hall–Kier alpha value is 0.190. The van der Waals surface area contributed by atoms with Gasteiger partial charge in [-0.15, -0.1) is 11.3 Å². The maximum Gasteiger partial charge on any atom is 0.0711 e. The van der Waals surface area contributed by atoms with Crippen molar-refractivity contribution >= 4 is 65.6 Å². The van der Waals surface area contributed by atoms with Gasteiger partial charge >= 0.3 is 0 Å². The van der Waals surface area contributed by atoms with E-state index < -0.39 is 0 Å². The van der Waals surface area contributed by atoms with E-state index in [2.05, 4.69) is 44.6 Å². The van der Waals surface area contributed by atoms with Gasteiger partial charge in [0.1, 0.15) is 0 Å². The summed E-state index contributed by atoms with van der Waals surface area (Å²) >= 11 is 7.47. The maximum absolute atomic E-state index is 5.72. The van der Waals surface area contributed by atoms with Crippen LogP contribution in [-0.4, -0.2) is 0 Å². The van der Waals surface area contributed by atoms with Crippen molar-refractivity contribution in [2.75, 3.05) is 5.73 Å². The van der Waals surface area contributed by atoms with E-state index in [1.807, 2.05) is 12.1 Å². The topological polar surface area (TPSA) is 26.0 Å². The molecule has 1 aromatic heterocycles. The van der Waals surface area contributed by atoms with Crippen LogP contribution in [0, 0.1) is 3.57 Å². The third-order valence-electron chi connectivity index (χ3n) is 1.58. The highest BCUT2D eigenvalue weighted by molar-refractivity contribution is 14.1. The molecule has 62 valence electrons. The summed E-state index contributed by atoms with van der Waals surface area (Å²) in [6.07, 6.45) is 0. The van der Waals surface area contributed by atoms with Crippen LogP contribution in [0.15, 0.2) is 22.0 Å². The van der Waals surface area contributed by atoms with Crippen LogP contribution >= 0.6 is 49.9 Å². The SMILES string of the molecule is Nc1cc(I)c2cc(Br)sc2c1. The summed E-state index contributed by atoms with van der Waals surface area (Å²) < 4.78 is 3.61. The quantitative estimate of drug-likeness (QED) is 0.565. The molecule has 0 aliphatic carbocycles. The Kier molecular flexibility index (Phi) is 2.31. The molecule has 4 heteroatoms. The van der Waals surface area contributed by atoms with Gasteiger partial charge in [0.15, 0.2) is 0 Å². The van der Waals surface area contributed by atoms with Crippen LogP contribution in [0.1, 0.15) is 0 Å². The predicted molar refractivity (Wildman–Crippen MR) is 66.7 cm³/mol. The molecular formula is C8H5BrINS. The number of benzene rings is 1. The first-order chi connectivity index (χ1) is 5.66. The van der Waals surface area contributed by atoms with E-state index in [-0.39, 0.29) is 0 Å². The Labute approximate surface area is 96.2 Å². The van der Waals surface area contributed by atoms with Gasteiger partial charge in [0, 0.05) is 19.3 Å². The van der Waals surface area contributed by atoms with Crippen molar-refractivity contribution < 1.29 is 0 Å². The van der Waals surface area contributed by atoms with E-state index in [9.17, 15) is 0 Å². The first-order valence-electron chi connectivity index (χ1n) is 3.31. The molecule has 0 aliphatic heterocycles. The van der Waals surface area contributed by atoms with Crippen molar-refractivity contribution in [1.82, 2.24) is 0 Å². The second-order valence-electron chi connectivity index (χ2n) is 2.47. The average molecular weight is 354 g/mol. The Balaban J connectivity index is 2.88. The van der Waals surface area contributed by atoms with Gasteiger partial charge in [-0.05, 0) is 56.7 Å². The normalized spacial score (nSPS) is 10.8. The lowest BCUT2D eigenvalue weighted by molar-refractivity contribution is 1.74. The molecule has 0 fully saturated rings. The third-order valence-corrected chi connectivity index (χ3v) is 4.06. The van der Waals surface area contributed by atoms with Gasteiger partial charge in [-0.2, -0.15) is 0 Å². The van der Waals surface area contributed by atoms with Crippen LogP contribution in [0.25, 0.3) is 10.1 Å². The molecule has 12 heavy (non-hydrogen) atoms. The molecular weight excluding hydrogens is 349 g/mol. The summed E-state index contributed by atoms with van der Waals surface area (Å²) in [7, 11) is 0. The number of anilines is 1. The number of hydrogen-bond donors (Lipinski definition) is 1. The number of halogens is 2. The van der Waals surface area contributed by atoms with Gasteiger partial charge in [-0.1, -0.05) is 0 Å². The fraction of sp³-hybridized carbons (Fsp3) is 0. The molecule has 2 rings (SSSR count). The number of nitrogen functional groups attached to an aromatic ring is 1. The molecule has 2 aromatic rings. The van der Waals surface area contributed by atoms with E-state index >= 15 is 0 Å². The third kappa shape index (κ3) is 1.47. The van der Waals surface area contributed by atoms with Gasteiger partial charge in [-0.3, -0.25) is 0 Å². The fourth-order valence-electron chi connectivity index (χ4n) is 1.09. The minimum atomic E-state index is 0.834. The summed E-state index contributed by atoms with van der Waals surface area (Å²) in [6.45, 7) is 0. The van der Waals surface area contributed by atoms with Gasteiger partial charge in [0.2, 0.25) is 0 Å². The van der Waals surface area contributed by atoms with Crippen LogP contribution in [0.3, 0.4) is 0 Å². The number of rotatable bonds is 0. The molecule has 0 radical (unpaired) electrons. The monoisotopic (exact) mass is 353 g/mol.